The highest BCUT2D eigenvalue weighted by Crippen LogP contribution is 1.91. The number of hydrogen-bond acceptors (Lipinski definition) is 5. The van der Waals surface area contributed by atoms with Crippen LogP contribution >= 0.6 is 0 Å². The molecule has 0 spiro atoms. The SMILES string of the molecule is COC(CNC(=O)Cc1cc(=O)[nH]c(=O)[nH]1)C(=O)O. The highest BCUT2D eigenvalue weighted by Gasteiger charge is 2.17. The summed E-state index contributed by atoms with van der Waals surface area (Å²) in [5.41, 5.74) is -1.20. The van der Waals surface area contributed by atoms with Crippen molar-refractivity contribution in [2.45, 2.75) is 12.5 Å². The summed E-state index contributed by atoms with van der Waals surface area (Å²) in [4.78, 5) is 48.3. The van der Waals surface area contributed by atoms with Crippen LogP contribution < -0.4 is 16.6 Å². The lowest BCUT2D eigenvalue weighted by Gasteiger charge is -2.11. The van der Waals surface area contributed by atoms with Crippen molar-refractivity contribution in [3.05, 3.63) is 32.6 Å². The van der Waals surface area contributed by atoms with Crippen molar-refractivity contribution in [2.24, 2.45) is 0 Å². The fourth-order valence-electron chi connectivity index (χ4n) is 1.33. The predicted molar refractivity (Wildman–Crippen MR) is 62.8 cm³/mol. The Bertz CT molecular complexity index is 547. The summed E-state index contributed by atoms with van der Waals surface area (Å²) >= 11 is 0. The number of ether oxygens (including phenoxy) is 1. The predicted octanol–water partition coefficient (Wildman–Crippen LogP) is -2.18. The Morgan fingerprint density at radius 1 is 1.42 bits per heavy atom. The lowest BCUT2D eigenvalue weighted by atomic mass is 10.2. The Hall–Kier alpha value is -2.42. The van der Waals surface area contributed by atoms with Crippen LogP contribution in [0.1, 0.15) is 5.69 Å². The van der Waals surface area contributed by atoms with Gasteiger partial charge in [-0.05, 0) is 0 Å². The number of amides is 1. The second-order valence-corrected chi connectivity index (χ2v) is 3.66. The summed E-state index contributed by atoms with van der Waals surface area (Å²) < 4.78 is 4.62. The van der Waals surface area contributed by atoms with Gasteiger partial charge in [0.1, 0.15) is 0 Å². The van der Waals surface area contributed by atoms with Gasteiger partial charge in [-0.3, -0.25) is 14.6 Å². The van der Waals surface area contributed by atoms with E-state index in [1.54, 1.807) is 0 Å². The first-order valence-electron chi connectivity index (χ1n) is 5.27. The van der Waals surface area contributed by atoms with Gasteiger partial charge in [-0.2, -0.15) is 0 Å². The molecular formula is C10H13N3O6. The molecule has 4 N–H and O–H groups in total. The van der Waals surface area contributed by atoms with Crippen LogP contribution in [0.5, 0.6) is 0 Å². The van der Waals surface area contributed by atoms with E-state index >= 15 is 0 Å². The molecular weight excluding hydrogens is 258 g/mol. The number of methoxy groups -OCH3 is 1. The summed E-state index contributed by atoms with van der Waals surface area (Å²) in [7, 11) is 1.21. The maximum atomic E-state index is 11.5. The van der Waals surface area contributed by atoms with Crippen molar-refractivity contribution < 1.29 is 19.4 Å². The number of aromatic nitrogens is 2. The van der Waals surface area contributed by atoms with E-state index in [9.17, 15) is 19.2 Å². The largest absolute Gasteiger partial charge is 0.479 e. The topological polar surface area (TPSA) is 141 Å². The molecule has 0 aliphatic heterocycles. The van der Waals surface area contributed by atoms with Crippen molar-refractivity contribution in [3.8, 4) is 0 Å². The van der Waals surface area contributed by atoms with Gasteiger partial charge >= 0.3 is 11.7 Å². The van der Waals surface area contributed by atoms with Crippen molar-refractivity contribution >= 4 is 11.9 Å². The lowest BCUT2D eigenvalue weighted by Crippen LogP contribution is -2.38. The zero-order valence-corrected chi connectivity index (χ0v) is 10.1. The van der Waals surface area contributed by atoms with Crippen molar-refractivity contribution in [1.82, 2.24) is 15.3 Å². The van der Waals surface area contributed by atoms with E-state index in [0.29, 0.717) is 0 Å². The molecule has 1 heterocycles. The molecule has 0 radical (unpaired) electrons. The third-order valence-electron chi connectivity index (χ3n) is 2.21. The minimum Gasteiger partial charge on any atom is -0.479 e. The lowest BCUT2D eigenvalue weighted by molar-refractivity contribution is -0.148. The van der Waals surface area contributed by atoms with Crippen molar-refractivity contribution in [1.29, 1.82) is 0 Å². The molecule has 0 aliphatic rings. The average molecular weight is 271 g/mol. The number of carbonyl (C=O) groups excluding carboxylic acids is 1. The Morgan fingerprint density at radius 2 is 2.11 bits per heavy atom. The number of aliphatic carboxylic acids is 1. The number of hydrogen-bond donors (Lipinski definition) is 4. The molecule has 0 saturated heterocycles. The number of H-pyrrole nitrogens is 2. The van der Waals surface area contributed by atoms with Crippen molar-refractivity contribution in [2.75, 3.05) is 13.7 Å². The van der Waals surface area contributed by atoms with E-state index < -0.39 is 29.2 Å². The molecule has 1 aromatic rings. The monoisotopic (exact) mass is 271 g/mol. The second kappa shape index (κ2) is 6.50. The summed E-state index contributed by atoms with van der Waals surface area (Å²) in [5, 5.41) is 11.0. The normalized spacial score (nSPS) is 11.8. The van der Waals surface area contributed by atoms with Crippen LogP contribution in [0.25, 0.3) is 0 Å². The van der Waals surface area contributed by atoms with Gasteiger partial charge in [-0.1, -0.05) is 0 Å². The molecule has 1 amide bonds. The number of carboxylic acid groups (broad SMARTS) is 1. The molecule has 0 bridgehead atoms. The molecule has 0 fully saturated rings. The Kier molecular flexibility index (Phi) is 5.01. The number of carboxylic acids is 1. The van der Waals surface area contributed by atoms with Gasteiger partial charge in [0.15, 0.2) is 6.10 Å². The molecule has 0 aromatic carbocycles. The quantitative estimate of drug-likeness (QED) is 0.463. The number of carbonyl (C=O) groups is 2. The Balaban J connectivity index is 2.58. The van der Waals surface area contributed by atoms with E-state index in [0.717, 1.165) is 6.07 Å². The standard InChI is InChI=1S/C10H13N3O6/c1-19-6(9(16)17)4-11-7(14)2-5-3-8(15)13-10(18)12-5/h3,6H,2,4H2,1H3,(H,11,14)(H,16,17)(H2,12,13,15,18). The van der Waals surface area contributed by atoms with Gasteiger partial charge < -0.3 is 20.1 Å². The van der Waals surface area contributed by atoms with Crippen LogP contribution in [0.3, 0.4) is 0 Å². The summed E-state index contributed by atoms with van der Waals surface area (Å²) in [6.07, 6.45) is -1.39. The van der Waals surface area contributed by atoms with E-state index in [-0.39, 0.29) is 18.7 Å². The van der Waals surface area contributed by atoms with E-state index in [1.165, 1.54) is 7.11 Å². The number of nitrogens with one attached hydrogen (secondary N) is 3. The molecule has 104 valence electrons. The first-order chi connectivity index (χ1) is 8.92. The second-order valence-electron chi connectivity index (χ2n) is 3.66. The van der Waals surface area contributed by atoms with Gasteiger partial charge in [0.05, 0.1) is 13.0 Å². The van der Waals surface area contributed by atoms with Gasteiger partial charge in [-0.15, -0.1) is 0 Å². The number of rotatable bonds is 6. The molecule has 1 aromatic heterocycles. The van der Waals surface area contributed by atoms with Crippen LogP contribution in [0.15, 0.2) is 15.7 Å². The van der Waals surface area contributed by atoms with Gasteiger partial charge in [-0.25, -0.2) is 9.59 Å². The molecule has 0 aliphatic carbocycles. The molecule has 9 heteroatoms. The smallest absolute Gasteiger partial charge is 0.334 e. The Morgan fingerprint density at radius 3 is 2.63 bits per heavy atom. The zero-order valence-electron chi connectivity index (χ0n) is 10.1. The highest BCUT2D eigenvalue weighted by molar-refractivity contribution is 5.79. The zero-order chi connectivity index (χ0) is 14.4. The van der Waals surface area contributed by atoms with Gasteiger partial charge in [0.25, 0.3) is 5.56 Å². The van der Waals surface area contributed by atoms with Crippen LogP contribution in [0, 0.1) is 0 Å². The average Bonchev–Trinajstić information content (AvgIpc) is 2.27. The van der Waals surface area contributed by atoms with Crippen molar-refractivity contribution in [3.63, 3.8) is 0 Å². The summed E-state index contributed by atoms with van der Waals surface area (Å²) in [6.45, 7) is -0.210. The van der Waals surface area contributed by atoms with Crippen LogP contribution in [0.4, 0.5) is 0 Å². The van der Waals surface area contributed by atoms with Gasteiger partial charge in [0, 0.05) is 18.9 Å². The summed E-state index contributed by atoms with van der Waals surface area (Å²) in [6, 6.07) is 1.08. The minimum atomic E-state index is -1.20. The van der Waals surface area contributed by atoms with E-state index in [1.807, 2.05) is 4.98 Å². The summed E-state index contributed by atoms with van der Waals surface area (Å²) in [5.74, 6) is -1.74. The fraction of sp³-hybridized carbons (Fsp3) is 0.400. The molecule has 19 heavy (non-hydrogen) atoms. The molecule has 1 atom stereocenters. The number of aromatic amines is 2. The van der Waals surface area contributed by atoms with Crippen LogP contribution in [-0.2, 0) is 20.7 Å². The third kappa shape index (κ3) is 4.76. The maximum Gasteiger partial charge on any atom is 0.334 e. The van der Waals surface area contributed by atoms with Crippen LogP contribution in [-0.4, -0.2) is 46.7 Å². The molecule has 1 rings (SSSR count). The molecule has 0 saturated carbocycles. The molecule has 1 unspecified atom stereocenters. The van der Waals surface area contributed by atoms with E-state index in [2.05, 4.69) is 15.0 Å². The molecule has 9 nitrogen and oxygen atoms in total. The first kappa shape index (κ1) is 14.6. The Labute approximate surface area is 106 Å². The van der Waals surface area contributed by atoms with Gasteiger partial charge in [0.2, 0.25) is 5.91 Å². The highest BCUT2D eigenvalue weighted by atomic mass is 16.5. The first-order valence-corrected chi connectivity index (χ1v) is 5.27. The van der Waals surface area contributed by atoms with E-state index in [4.69, 9.17) is 5.11 Å². The third-order valence-corrected chi connectivity index (χ3v) is 2.21. The minimum absolute atomic E-state index is 0.135. The van der Waals surface area contributed by atoms with Crippen LogP contribution in [0.2, 0.25) is 0 Å². The fourth-order valence-corrected chi connectivity index (χ4v) is 1.33. The maximum absolute atomic E-state index is 11.5.